The van der Waals surface area contributed by atoms with Gasteiger partial charge in [-0.05, 0) is 38.3 Å². The number of anilines is 2. The maximum absolute atomic E-state index is 9.62. The number of aromatic nitrogens is 2. The van der Waals surface area contributed by atoms with Crippen molar-refractivity contribution in [3.05, 3.63) is 24.3 Å². The van der Waals surface area contributed by atoms with Crippen LogP contribution in [-0.4, -0.2) is 33.8 Å². The average molecular weight is 272 g/mol. The van der Waals surface area contributed by atoms with Crippen molar-refractivity contribution < 1.29 is 5.11 Å². The Morgan fingerprint density at radius 1 is 1.25 bits per heavy atom. The molecule has 106 valence electrons. The maximum atomic E-state index is 9.62. The monoisotopic (exact) mass is 272 g/mol. The van der Waals surface area contributed by atoms with Crippen LogP contribution >= 0.6 is 0 Å². The largest absolute Gasteiger partial charge is 0.394 e. The second-order valence-electron chi connectivity index (χ2n) is 5.36. The van der Waals surface area contributed by atoms with E-state index in [1.54, 1.807) is 0 Å². The fourth-order valence-corrected chi connectivity index (χ4v) is 2.59. The van der Waals surface area contributed by atoms with Gasteiger partial charge in [-0.25, -0.2) is 4.98 Å². The van der Waals surface area contributed by atoms with Gasteiger partial charge in [0.1, 0.15) is 5.82 Å². The quantitative estimate of drug-likeness (QED) is 0.779. The Morgan fingerprint density at radius 3 is 2.70 bits per heavy atom. The lowest BCUT2D eigenvalue weighted by Crippen LogP contribution is -2.48. The van der Waals surface area contributed by atoms with Crippen LogP contribution < -0.4 is 10.6 Å². The fraction of sp³-hybridized carbons (Fsp3) is 0.467. The Labute approximate surface area is 118 Å². The second kappa shape index (κ2) is 5.25. The topological polar surface area (TPSA) is 70.1 Å². The van der Waals surface area contributed by atoms with Gasteiger partial charge in [0.15, 0.2) is 0 Å². The molecule has 1 saturated carbocycles. The number of fused-ring (bicyclic) bond motifs is 1. The average Bonchev–Trinajstić information content (AvgIpc) is 2.43. The van der Waals surface area contributed by atoms with E-state index in [0.717, 1.165) is 42.5 Å². The lowest BCUT2D eigenvalue weighted by Gasteiger charge is -2.41. The van der Waals surface area contributed by atoms with Crippen LogP contribution in [0.1, 0.15) is 26.2 Å². The number of nitrogens with zero attached hydrogens (tertiary/aromatic N) is 2. The Balaban J connectivity index is 2.02. The Morgan fingerprint density at radius 2 is 2.05 bits per heavy atom. The molecule has 1 heterocycles. The molecule has 0 saturated heterocycles. The van der Waals surface area contributed by atoms with Crippen LogP contribution in [0.4, 0.5) is 11.8 Å². The number of aliphatic hydroxyl groups is 1. The van der Waals surface area contributed by atoms with Crippen LogP contribution in [-0.2, 0) is 0 Å². The molecular formula is C15H20N4O. The summed E-state index contributed by atoms with van der Waals surface area (Å²) in [4.78, 5) is 9.06. The molecule has 0 radical (unpaired) electrons. The van der Waals surface area contributed by atoms with Crippen molar-refractivity contribution in [1.82, 2.24) is 9.97 Å². The molecule has 3 rings (SSSR count). The molecule has 5 heteroatoms. The highest BCUT2D eigenvalue weighted by molar-refractivity contribution is 5.90. The van der Waals surface area contributed by atoms with Crippen molar-refractivity contribution in [2.24, 2.45) is 0 Å². The minimum Gasteiger partial charge on any atom is -0.394 e. The Bertz CT molecular complexity index is 604. The zero-order chi connectivity index (χ0) is 14.0. The molecule has 1 aromatic carbocycles. The van der Waals surface area contributed by atoms with Crippen LogP contribution in [0.3, 0.4) is 0 Å². The second-order valence-corrected chi connectivity index (χ2v) is 5.36. The lowest BCUT2D eigenvalue weighted by molar-refractivity contribution is 0.144. The molecule has 0 bridgehead atoms. The predicted octanol–water partition coefficient (Wildman–Crippen LogP) is 2.39. The summed E-state index contributed by atoms with van der Waals surface area (Å²) in [6, 6.07) is 7.95. The summed E-state index contributed by atoms with van der Waals surface area (Å²) in [5, 5.41) is 17.2. The molecule has 1 aliphatic rings. The Hall–Kier alpha value is -1.88. The van der Waals surface area contributed by atoms with Gasteiger partial charge in [-0.1, -0.05) is 12.1 Å². The summed E-state index contributed by atoms with van der Waals surface area (Å²) in [5.41, 5.74) is 0.703. The van der Waals surface area contributed by atoms with E-state index >= 15 is 0 Å². The predicted molar refractivity (Wildman–Crippen MR) is 81.0 cm³/mol. The van der Waals surface area contributed by atoms with E-state index in [0.29, 0.717) is 5.95 Å². The zero-order valence-corrected chi connectivity index (χ0v) is 11.7. The summed E-state index contributed by atoms with van der Waals surface area (Å²) in [7, 11) is 0. The third-order valence-corrected chi connectivity index (χ3v) is 3.94. The molecule has 2 aromatic rings. The van der Waals surface area contributed by atoms with Crippen molar-refractivity contribution >= 4 is 22.7 Å². The summed E-state index contributed by atoms with van der Waals surface area (Å²) < 4.78 is 0. The van der Waals surface area contributed by atoms with E-state index in [1.807, 2.05) is 31.2 Å². The fourth-order valence-electron chi connectivity index (χ4n) is 2.59. The molecule has 0 amide bonds. The molecular weight excluding hydrogens is 252 g/mol. The minimum absolute atomic E-state index is 0.141. The maximum Gasteiger partial charge on any atom is 0.225 e. The van der Waals surface area contributed by atoms with Gasteiger partial charge < -0.3 is 15.7 Å². The van der Waals surface area contributed by atoms with E-state index in [4.69, 9.17) is 0 Å². The van der Waals surface area contributed by atoms with Crippen LogP contribution in [0.15, 0.2) is 24.3 Å². The first-order valence-corrected chi connectivity index (χ1v) is 7.16. The molecule has 0 spiro atoms. The van der Waals surface area contributed by atoms with Gasteiger partial charge in [-0.3, -0.25) is 0 Å². The lowest BCUT2D eigenvalue weighted by atomic mass is 9.77. The number of nitrogens with one attached hydrogen (secondary N) is 2. The first kappa shape index (κ1) is 13.1. The third kappa shape index (κ3) is 2.29. The summed E-state index contributed by atoms with van der Waals surface area (Å²) >= 11 is 0. The van der Waals surface area contributed by atoms with Gasteiger partial charge in [0.25, 0.3) is 0 Å². The molecule has 20 heavy (non-hydrogen) atoms. The normalized spacial score (nSPS) is 16.7. The van der Waals surface area contributed by atoms with Crippen LogP contribution in [0, 0.1) is 0 Å². The Kier molecular flexibility index (Phi) is 3.44. The van der Waals surface area contributed by atoms with Crippen molar-refractivity contribution in [3.8, 4) is 0 Å². The third-order valence-electron chi connectivity index (χ3n) is 3.94. The first-order valence-electron chi connectivity index (χ1n) is 7.16. The van der Waals surface area contributed by atoms with E-state index in [-0.39, 0.29) is 12.1 Å². The molecule has 3 N–H and O–H groups in total. The molecule has 0 atom stereocenters. The van der Waals surface area contributed by atoms with E-state index in [2.05, 4.69) is 20.6 Å². The highest BCUT2D eigenvalue weighted by Gasteiger charge is 2.37. The smallest absolute Gasteiger partial charge is 0.225 e. The number of rotatable bonds is 5. The van der Waals surface area contributed by atoms with E-state index < -0.39 is 0 Å². The summed E-state index contributed by atoms with van der Waals surface area (Å²) in [5.74, 6) is 1.43. The van der Waals surface area contributed by atoms with Crippen molar-refractivity contribution in [3.63, 3.8) is 0 Å². The van der Waals surface area contributed by atoms with Gasteiger partial charge in [0.2, 0.25) is 5.95 Å². The standard InChI is InChI=1S/C15H20N4O/c1-2-16-14-17-12-7-4-3-6-11(12)13(18-14)19-15(10-20)8-5-9-15/h3-4,6-7,20H,2,5,8-10H2,1H3,(H2,16,17,18,19). The number of aliphatic hydroxyl groups excluding tert-OH is 1. The highest BCUT2D eigenvalue weighted by atomic mass is 16.3. The van der Waals surface area contributed by atoms with Gasteiger partial charge in [0, 0.05) is 11.9 Å². The summed E-state index contributed by atoms with van der Waals surface area (Å²) in [6.07, 6.45) is 3.12. The van der Waals surface area contributed by atoms with Crippen LogP contribution in [0.25, 0.3) is 10.9 Å². The van der Waals surface area contributed by atoms with Gasteiger partial charge >= 0.3 is 0 Å². The van der Waals surface area contributed by atoms with Gasteiger partial charge in [-0.2, -0.15) is 4.98 Å². The van der Waals surface area contributed by atoms with Crippen molar-refractivity contribution in [2.45, 2.75) is 31.7 Å². The number of hydrogen-bond donors (Lipinski definition) is 3. The van der Waals surface area contributed by atoms with E-state index in [9.17, 15) is 5.11 Å². The minimum atomic E-state index is -0.208. The number of hydrogen-bond acceptors (Lipinski definition) is 5. The molecule has 0 aliphatic heterocycles. The van der Waals surface area contributed by atoms with Crippen LogP contribution in [0.2, 0.25) is 0 Å². The molecule has 1 aromatic heterocycles. The molecule has 1 fully saturated rings. The van der Waals surface area contributed by atoms with Gasteiger partial charge in [-0.15, -0.1) is 0 Å². The van der Waals surface area contributed by atoms with Crippen LogP contribution in [0.5, 0.6) is 0 Å². The van der Waals surface area contributed by atoms with Crippen molar-refractivity contribution in [2.75, 3.05) is 23.8 Å². The molecule has 1 aliphatic carbocycles. The highest BCUT2D eigenvalue weighted by Crippen LogP contribution is 2.36. The summed E-state index contributed by atoms with van der Waals surface area (Å²) in [6.45, 7) is 2.94. The van der Waals surface area contributed by atoms with Gasteiger partial charge in [0.05, 0.1) is 17.7 Å². The van der Waals surface area contributed by atoms with E-state index in [1.165, 1.54) is 0 Å². The first-order chi connectivity index (χ1) is 9.76. The number of para-hydroxylation sites is 1. The SMILES string of the molecule is CCNc1nc(NC2(CO)CCC2)c2ccccc2n1. The zero-order valence-electron chi connectivity index (χ0n) is 11.7. The molecule has 0 unspecified atom stereocenters. The number of benzene rings is 1. The molecule has 5 nitrogen and oxygen atoms in total. The van der Waals surface area contributed by atoms with Crippen molar-refractivity contribution in [1.29, 1.82) is 0 Å².